The number of anilines is 2. The van der Waals surface area contributed by atoms with Crippen LogP contribution in [0.2, 0.25) is 0 Å². The monoisotopic (exact) mass is 288 g/mol. The molecule has 0 atom stereocenters. The number of carbonyl (C=O) groups excluding carboxylic acids is 1. The van der Waals surface area contributed by atoms with Gasteiger partial charge >= 0.3 is 0 Å². The van der Waals surface area contributed by atoms with E-state index < -0.39 is 0 Å². The van der Waals surface area contributed by atoms with Gasteiger partial charge in [0.15, 0.2) is 0 Å². The van der Waals surface area contributed by atoms with Crippen molar-refractivity contribution in [2.24, 2.45) is 0 Å². The van der Waals surface area contributed by atoms with Crippen LogP contribution in [-0.4, -0.2) is 42.0 Å². The van der Waals surface area contributed by atoms with E-state index in [0.29, 0.717) is 43.2 Å². The molecule has 1 aliphatic rings. The summed E-state index contributed by atoms with van der Waals surface area (Å²) < 4.78 is 13.8. The highest BCUT2D eigenvalue weighted by molar-refractivity contribution is 5.93. The van der Waals surface area contributed by atoms with Crippen molar-refractivity contribution in [2.75, 3.05) is 36.8 Å². The van der Waals surface area contributed by atoms with Crippen molar-refractivity contribution >= 4 is 17.3 Å². The van der Waals surface area contributed by atoms with Gasteiger partial charge in [0.2, 0.25) is 0 Å². The third kappa shape index (κ3) is 2.69. The molecule has 5 nitrogen and oxygen atoms in total. The summed E-state index contributed by atoms with van der Waals surface area (Å²) in [6.45, 7) is 2.35. The second kappa shape index (κ2) is 5.47. The third-order valence-electron chi connectivity index (χ3n) is 3.70. The maximum absolute atomic E-state index is 13.8. The van der Waals surface area contributed by atoms with E-state index in [0.717, 1.165) is 0 Å². The number of benzene rings is 1. The second-order valence-corrected chi connectivity index (χ2v) is 5.08. The van der Waals surface area contributed by atoms with Gasteiger partial charge in [0.25, 0.3) is 5.91 Å². The number of nitrogens with zero attached hydrogens (tertiary/aromatic N) is 2. The molecule has 1 fully saturated rings. The zero-order chi connectivity index (χ0) is 14.8. The maximum atomic E-state index is 13.8. The van der Waals surface area contributed by atoms with Gasteiger partial charge in [0.05, 0.1) is 5.69 Å². The number of nitrogens with one attached hydrogen (secondary N) is 1. The van der Waals surface area contributed by atoms with Gasteiger partial charge in [0, 0.05) is 38.1 Å². The highest BCUT2D eigenvalue weighted by Gasteiger charge is 2.24. The molecule has 0 unspecified atom stereocenters. The minimum Gasteiger partial charge on any atom is -0.397 e. The van der Waals surface area contributed by atoms with E-state index in [1.165, 1.54) is 6.07 Å². The number of aromatic nitrogens is 1. The Bertz CT molecular complexity index is 647. The summed E-state index contributed by atoms with van der Waals surface area (Å²) >= 11 is 0. The van der Waals surface area contributed by atoms with Crippen molar-refractivity contribution < 1.29 is 9.18 Å². The Kier molecular flexibility index (Phi) is 3.51. The number of amides is 1. The van der Waals surface area contributed by atoms with E-state index in [-0.39, 0.29) is 11.7 Å². The molecule has 1 aromatic carbocycles. The average Bonchev–Trinajstić information content (AvgIpc) is 2.94. The van der Waals surface area contributed by atoms with E-state index in [2.05, 4.69) is 4.98 Å². The standard InChI is InChI=1S/C15H17FN4O/c16-12-3-1-2-4-14(12)19-5-7-20(8-6-19)15(21)13-9-11(17)10-18-13/h1-4,9-10,18H,5-8,17H2. The first-order chi connectivity index (χ1) is 10.1. The van der Waals surface area contributed by atoms with Crippen molar-refractivity contribution in [3.8, 4) is 0 Å². The fourth-order valence-electron chi connectivity index (χ4n) is 2.56. The Hall–Kier alpha value is -2.50. The number of hydrogen-bond acceptors (Lipinski definition) is 3. The molecule has 3 N–H and O–H groups in total. The highest BCUT2D eigenvalue weighted by atomic mass is 19.1. The summed E-state index contributed by atoms with van der Waals surface area (Å²) in [4.78, 5) is 18.8. The summed E-state index contributed by atoms with van der Waals surface area (Å²) in [7, 11) is 0. The lowest BCUT2D eigenvalue weighted by atomic mass is 10.2. The van der Waals surface area contributed by atoms with Crippen LogP contribution in [0, 0.1) is 5.82 Å². The van der Waals surface area contributed by atoms with Gasteiger partial charge in [-0.2, -0.15) is 0 Å². The van der Waals surface area contributed by atoms with Crippen LogP contribution in [0.4, 0.5) is 15.8 Å². The van der Waals surface area contributed by atoms with E-state index in [1.807, 2.05) is 11.0 Å². The Balaban J connectivity index is 1.65. The van der Waals surface area contributed by atoms with Gasteiger partial charge in [-0.05, 0) is 18.2 Å². The van der Waals surface area contributed by atoms with Crippen LogP contribution >= 0.6 is 0 Å². The smallest absolute Gasteiger partial charge is 0.270 e. The number of H-pyrrole nitrogens is 1. The highest BCUT2D eigenvalue weighted by Crippen LogP contribution is 2.20. The number of rotatable bonds is 2. The fourth-order valence-corrected chi connectivity index (χ4v) is 2.56. The molecule has 1 amide bonds. The zero-order valence-corrected chi connectivity index (χ0v) is 11.6. The zero-order valence-electron chi connectivity index (χ0n) is 11.6. The van der Waals surface area contributed by atoms with Crippen LogP contribution in [-0.2, 0) is 0 Å². The van der Waals surface area contributed by atoms with Gasteiger partial charge in [-0.15, -0.1) is 0 Å². The molecule has 110 valence electrons. The molecule has 0 radical (unpaired) electrons. The Morgan fingerprint density at radius 2 is 1.90 bits per heavy atom. The van der Waals surface area contributed by atoms with Crippen molar-refractivity contribution in [2.45, 2.75) is 0 Å². The number of aromatic amines is 1. The quantitative estimate of drug-likeness (QED) is 0.884. The van der Waals surface area contributed by atoms with Gasteiger partial charge in [-0.1, -0.05) is 12.1 Å². The number of nitrogens with two attached hydrogens (primary N) is 1. The number of carbonyl (C=O) groups is 1. The van der Waals surface area contributed by atoms with Crippen LogP contribution in [0.15, 0.2) is 36.5 Å². The minimum absolute atomic E-state index is 0.0696. The molecule has 3 rings (SSSR count). The van der Waals surface area contributed by atoms with Crippen LogP contribution in [0.1, 0.15) is 10.5 Å². The maximum Gasteiger partial charge on any atom is 0.270 e. The van der Waals surface area contributed by atoms with Crippen molar-refractivity contribution in [3.63, 3.8) is 0 Å². The molecule has 1 aliphatic heterocycles. The molecular weight excluding hydrogens is 271 g/mol. The predicted molar refractivity (Wildman–Crippen MR) is 79.7 cm³/mol. The predicted octanol–water partition coefficient (Wildman–Crippen LogP) is 1.70. The molecule has 0 aliphatic carbocycles. The number of nitrogen functional groups attached to an aromatic ring is 1. The van der Waals surface area contributed by atoms with Crippen molar-refractivity contribution in [1.29, 1.82) is 0 Å². The first-order valence-electron chi connectivity index (χ1n) is 6.88. The number of para-hydroxylation sites is 1. The summed E-state index contributed by atoms with van der Waals surface area (Å²) in [6.07, 6.45) is 1.60. The lowest BCUT2D eigenvalue weighted by molar-refractivity contribution is 0.0741. The molecule has 21 heavy (non-hydrogen) atoms. The van der Waals surface area contributed by atoms with E-state index in [9.17, 15) is 9.18 Å². The molecule has 0 saturated carbocycles. The molecule has 2 heterocycles. The third-order valence-corrected chi connectivity index (χ3v) is 3.70. The number of piperazine rings is 1. The van der Waals surface area contributed by atoms with E-state index in [1.54, 1.807) is 29.3 Å². The molecule has 0 bridgehead atoms. The molecule has 2 aromatic rings. The Morgan fingerprint density at radius 3 is 2.52 bits per heavy atom. The Labute approximate surface area is 122 Å². The van der Waals surface area contributed by atoms with Crippen LogP contribution in [0.25, 0.3) is 0 Å². The largest absolute Gasteiger partial charge is 0.397 e. The topological polar surface area (TPSA) is 65.4 Å². The molecule has 0 spiro atoms. The lowest BCUT2D eigenvalue weighted by Crippen LogP contribution is -2.49. The Morgan fingerprint density at radius 1 is 1.19 bits per heavy atom. The van der Waals surface area contributed by atoms with E-state index in [4.69, 9.17) is 5.73 Å². The minimum atomic E-state index is -0.227. The van der Waals surface area contributed by atoms with E-state index >= 15 is 0 Å². The number of hydrogen-bond donors (Lipinski definition) is 2. The van der Waals surface area contributed by atoms with Crippen LogP contribution < -0.4 is 10.6 Å². The lowest BCUT2D eigenvalue weighted by Gasteiger charge is -2.36. The fraction of sp³-hybridized carbons (Fsp3) is 0.267. The van der Waals surface area contributed by atoms with Crippen LogP contribution in [0.5, 0.6) is 0 Å². The number of halogens is 1. The average molecular weight is 288 g/mol. The summed E-state index contributed by atoms with van der Waals surface area (Å²) in [5, 5.41) is 0. The first-order valence-corrected chi connectivity index (χ1v) is 6.88. The van der Waals surface area contributed by atoms with Gasteiger partial charge in [0.1, 0.15) is 11.5 Å². The normalized spacial score (nSPS) is 15.3. The SMILES string of the molecule is Nc1c[nH]c(C(=O)N2CCN(c3ccccc3F)CC2)c1. The summed E-state index contributed by atoms with van der Waals surface area (Å²) in [5.41, 5.74) is 7.24. The second-order valence-electron chi connectivity index (χ2n) is 5.08. The van der Waals surface area contributed by atoms with Gasteiger partial charge < -0.3 is 20.5 Å². The van der Waals surface area contributed by atoms with Crippen LogP contribution in [0.3, 0.4) is 0 Å². The molecule has 6 heteroatoms. The van der Waals surface area contributed by atoms with Crippen molar-refractivity contribution in [1.82, 2.24) is 9.88 Å². The van der Waals surface area contributed by atoms with Crippen molar-refractivity contribution in [3.05, 3.63) is 48.0 Å². The summed E-state index contributed by atoms with van der Waals surface area (Å²) in [5.74, 6) is -0.297. The van der Waals surface area contributed by atoms with Gasteiger partial charge in [-0.25, -0.2) is 4.39 Å². The molecule has 1 aromatic heterocycles. The molecule has 1 saturated heterocycles. The molecular formula is C15H17FN4O. The summed E-state index contributed by atoms with van der Waals surface area (Å²) in [6, 6.07) is 8.34. The van der Waals surface area contributed by atoms with Gasteiger partial charge in [-0.3, -0.25) is 4.79 Å². The first kappa shape index (κ1) is 13.5.